The molecular weight excluding hydrogens is 414 g/mol. The van der Waals surface area contributed by atoms with Crippen molar-refractivity contribution in [2.75, 3.05) is 5.01 Å². The number of hydrogen-bond acceptors (Lipinski definition) is 6. The Labute approximate surface area is 183 Å². The van der Waals surface area contributed by atoms with Crippen LogP contribution in [0, 0.1) is 6.92 Å². The number of hydrogen-bond donors (Lipinski definition) is 2. The summed E-state index contributed by atoms with van der Waals surface area (Å²) in [4.78, 5) is 0. The van der Waals surface area contributed by atoms with Crippen molar-refractivity contribution in [3.8, 4) is 17.2 Å². The number of aromatic hydroxyl groups is 2. The van der Waals surface area contributed by atoms with Crippen LogP contribution in [0.5, 0.6) is 11.5 Å². The van der Waals surface area contributed by atoms with E-state index in [4.69, 9.17) is 16.7 Å². The molecule has 7 nitrogen and oxygen atoms in total. The van der Waals surface area contributed by atoms with E-state index < -0.39 is 0 Å². The molecule has 3 aromatic carbocycles. The number of anilines is 1. The fourth-order valence-electron chi connectivity index (χ4n) is 3.66. The molecule has 31 heavy (non-hydrogen) atoms. The fraction of sp³-hybridized carbons (Fsp3) is 0.0870. The van der Waals surface area contributed by atoms with Crippen LogP contribution in [0.25, 0.3) is 5.69 Å². The van der Waals surface area contributed by atoms with Gasteiger partial charge in [0.05, 0.1) is 12.2 Å². The van der Waals surface area contributed by atoms with Gasteiger partial charge in [-0.05, 0) is 42.8 Å². The Hall–Kier alpha value is -3.84. The van der Waals surface area contributed by atoms with Crippen LogP contribution in [0.4, 0.5) is 5.95 Å². The highest BCUT2D eigenvalue weighted by molar-refractivity contribution is 6.30. The van der Waals surface area contributed by atoms with Crippen LogP contribution in [0.2, 0.25) is 5.02 Å². The van der Waals surface area contributed by atoms with Crippen molar-refractivity contribution in [2.24, 2.45) is 5.10 Å². The van der Waals surface area contributed by atoms with E-state index in [1.54, 1.807) is 11.1 Å². The van der Waals surface area contributed by atoms with Gasteiger partial charge in [-0.1, -0.05) is 48.0 Å². The average Bonchev–Trinajstić information content (AvgIpc) is 3.09. The van der Waals surface area contributed by atoms with Gasteiger partial charge in [0.1, 0.15) is 11.5 Å². The minimum atomic E-state index is -0.185. The molecule has 8 heteroatoms. The highest BCUT2D eigenvalue weighted by Crippen LogP contribution is 2.32. The molecule has 4 aromatic rings. The number of nitrogens with zero attached hydrogens (tertiary/aromatic N) is 5. The van der Waals surface area contributed by atoms with E-state index in [2.05, 4.69) is 10.2 Å². The number of hydrazone groups is 1. The summed E-state index contributed by atoms with van der Waals surface area (Å²) < 4.78 is 1.96. The Morgan fingerprint density at radius 2 is 1.68 bits per heavy atom. The highest BCUT2D eigenvalue weighted by Gasteiger charge is 2.26. The SMILES string of the molecule is Cc1nnc2n1-c1ccccc1C(c1ccc(Cl)cc1)=NN2Cc1ccc(O)c(O)c1. The maximum absolute atomic E-state index is 9.93. The highest BCUT2D eigenvalue weighted by atomic mass is 35.5. The second-order valence-corrected chi connectivity index (χ2v) is 7.67. The number of phenolic OH excluding ortho intramolecular Hbond substituents is 2. The molecule has 0 unspecified atom stereocenters. The van der Waals surface area contributed by atoms with Gasteiger partial charge in [-0.3, -0.25) is 4.57 Å². The maximum atomic E-state index is 9.93. The summed E-state index contributed by atoms with van der Waals surface area (Å²) in [5, 5.41) is 35.6. The van der Waals surface area contributed by atoms with E-state index in [1.165, 1.54) is 12.1 Å². The monoisotopic (exact) mass is 431 g/mol. The summed E-state index contributed by atoms with van der Waals surface area (Å²) in [6, 6.07) is 20.2. The van der Waals surface area contributed by atoms with E-state index in [0.29, 0.717) is 17.5 Å². The van der Waals surface area contributed by atoms with Crippen molar-refractivity contribution in [1.29, 1.82) is 0 Å². The molecule has 0 fully saturated rings. The van der Waals surface area contributed by atoms with Gasteiger partial charge in [-0.2, -0.15) is 5.10 Å². The van der Waals surface area contributed by atoms with Gasteiger partial charge in [0.15, 0.2) is 11.5 Å². The Balaban J connectivity index is 1.71. The third-order valence-corrected chi connectivity index (χ3v) is 5.40. The topological polar surface area (TPSA) is 86.8 Å². The summed E-state index contributed by atoms with van der Waals surface area (Å²) in [5.74, 6) is 0.932. The molecule has 0 bridgehead atoms. The van der Waals surface area contributed by atoms with Gasteiger partial charge in [0.25, 0.3) is 5.95 Å². The van der Waals surface area contributed by atoms with Crippen LogP contribution < -0.4 is 5.01 Å². The van der Waals surface area contributed by atoms with Crippen LogP contribution in [-0.2, 0) is 6.54 Å². The first-order valence-corrected chi connectivity index (χ1v) is 10.0. The Morgan fingerprint density at radius 3 is 2.45 bits per heavy atom. The standard InChI is InChI=1S/C23H18ClN5O2/c1-14-25-26-23-28(13-15-6-11-20(30)21(31)12-15)27-22(16-7-9-17(24)10-8-16)18-4-2-3-5-19(18)29(14)23/h2-12,30-31H,13H2,1H3. The molecule has 0 saturated heterocycles. The predicted octanol–water partition coefficient (Wildman–Crippen LogP) is 4.41. The third-order valence-electron chi connectivity index (χ3n) is 5.15. The fourth-order valence-corrected chi connectivity index (χ4v) is 3.78. The average molecular weight is 432 g/mol. The van der Waals surface area contributed by atoms with Gasteiger partial charge >= 0.3 is 0 Å². The number of fused-ring (bicyclic) bond motifs is 3. The van der Waals surface area contributed by atoms with E-state index in [9.17, 15) is 10.2 Å². The number of phenols is 2. The van der Waals surface area contributed by atoms with E-state index in [1.807, 2.05) is 60.0 Å². The second-order valence-electron chi connectivity index (χ2n) is 7.24. The lowest BCUT2D eigenvalue weighted by Gasteiger charge is -2.18. The Bertz CT molecular complexity index is 1310. The molecule has 0 spiro atoms. The van der Waals surface area contributed by atoms with Crippen LogP contribution in [0.15, 0.2) is 71.8 Å². The molecule has 1 aliphatic rings. The molecule has 2 heterocycles. The zero-order chi connectivity index (χ0) is 21.5. The lowest BCUT2D eigenvalue weighted by Crippen LogP contribution is -2.20. The number of aromatic nitrogens is 3. The first kappa shape index (κ1) is 19.1. The molecule has 0 aliphatic carbocycles. The molecule has 0 saturated carbocycles. The Morgan fingerprint density at radius 1 is 0.903 bits per heavy atom. The number of rotatable bonds is 3. The lowest BCUT2D eigenvalue weighted by molar-refractivity contribution is 0.403. The lowest BCUT2D eigenvalue weighted by atomic mass is 10.0. The van der Waals surface area contributed by atoms with Crippen LogP contribution in [0.1, 0.15) is 22.5 Å². The van der Waals surface area contributed by atoms with Gasteiger partial charge in [-0.25, -0.2) is 5.01 Å². The normalized spacial score (nSPS) is 12.7. The largest absolute Gasteiger partial charge is 0.504 e. The molecule has 154 valence electrons. The quantitative estimate of drug-likeness (QED) is 0.469. The summed E-state index contributed by atoms with van der Waals surface area (Å²) in [7, 11) is 0. The molecular formula is C23H18ClN5O2. The maximum Gasteiger partial charge on any atom is 0.252 e. The van der Waals surface area contributed by atoms with Crippen molar-refractivity contribution in [2.45, 2.75) is 13.5 Å². The van der Waals surface area contributed by atoms with E-state index in [-0.39, 0.29) is 11.5 Å². The molecule has 0 radical (unpaired) electrons. The van der Waals surface area contributed by atoms with Crippen molar-refractivity contribution in [1.82, 2.24) is 14.8 Å². The minimum absolute atomic E-state index is 0.170. The summed E-state index contributed by atoms with van der Waals surface area (Å²) in [6.45, 7) is 2.21. The molecule has 5 rings (SSSR count). The number of benzene rings is 3. The van der Waals surface area contributed by atoms with E-state index in [0.717, 1.165) is 33.9 Å². The minimum Gasteiger partial charge on any atom is -0.504 e. The molecule has 0 atom stereocenters. The van der Waals surface area contributed by atoms with Crippen molar-refractivity contribution >= 4 is 23.3 Å². The van der Waals surface area contributed by atoms with Crippen LogP contribution >= 0.6 is 11.6 Å². The smallest absolute Gasteiger partial charge is 0.252 e. The third kappa shape index (κ3) is 3.39. The second kappa shape index (κ2) is 7.45. The molecule has 0 amide bonds. The predicted molar refractivity (Wildman–Crippen MR) is 119 cm³/mol. The zero-order valence-corrected chi connectivity index (χ0v) is 17.3. The van der Waals surface area contributed by atoms with Gasteiger partial charge in [0.2, 0.25) is 0 Å². The van der Waals surface area contributed by atoms with Crippen molar-refractivity contribution < 1.29 is 10.2 Å². The van der Waals surface area contributed by atoms with Crippen LogP contribution in [0.3, 0.4) is 0 Å². The Kier molecular flexibility index (Phi) is 4.60. The van der Waals surface area contributed by atoms with Gasteiger partial charge in [0, 0.05) is 16.1 Å². The zero-order valence-electron chi connectivity index (χ0n) is 16.6. The van der Waals surface area contributed by atoms with Gasteiger partial charge < -0.3 is 10.2 Å². The van der Waals surface area contributed by atoms with Crippen molar-refractivity contribution in [3.63, 3.8) is 0 Å². The van der Waals surface area contributed by atoms with Crippen LogP contribution in [-0.4, -0.2) is 30.7 Å². The summed E-state index contributed by atoms with van der Waals surface area (Å²) in [5.41, 5.74) is 4.29. The molecule has 1 aromatic heterocycles. The first-order chi connectivity index (χ1) is 15.0. The number of halogens is 1. The van der Waals surface area contributed by atoms with E-state index >= 15 is 0 Å². The first-order valence-electron chi connectivity index (χ1n) is 9.66. The summed E-state index contributed by atoms with van der Waals surface area (Å²) in [6.07, 6.45) is 0. The summed E-state index contributed by atoms with van der Waals surface area (Å²) >= 11 is 6.11. The molecule has 1 aliphatic heterocycles. The molecule has 2 N–H and O–H groups in total. The van der Waals surface area contributed by atoms with Crippen molar-refractivity contribution in [3.05, 3.63) is 94.3 Å². The number of para-hydroxylation sites is 1. The van der Waals surface area contributed by atoms with Gasteiger partial charge in [-0.15, -0.1) is 10.2 Å². The number of aryl methyl sites for hydroxylation is 1.